The minimum absolute atomic E-state index is 0.0253. The summed E-state index contributed by atoms with van der Waals surface area (Å²) in [6.07, 6.45) is 7.33. The summed E-state index contributed by atoms with van der Waals surface area (Å²) in [6.45, 7) is 5.96. The second-order valence-corrected chi connectivity index (χ2v) is 7.77. The third-order valence-corrected chi connectivity index (χ3v) is 6.66. The third-order valence-electron chi connectivity index (χ3n) is 6.66. The van der Waals surface area contributed by atoms with E-state index in [9.17, 15) is 9.90 Å². The maximum Gasteiger partial charge on any atom is 0.302 e. The molecule has 0 aromatic carbocycles. The van der Waals surface area contributed by atoms with Gasteiger partial charge in [-0.05, 0) is 50.1 Å². The largest absolute Gasteiger partial charge is 0.462 e. The fourth-order valence-electron chi connectivity index (χ4n) is 6.02. The number of rotatable bonds is 1. The molecule has 0 amide bonds. The predicted molar refractivity (Wildman–Crippen MR) is 83.2 cm³/mol. The normalized spacial score (nSPS) is 47.4. The zero-order chi connectivity index (χ0) is 15.5. The van der Waals surface area contributed by atoms with Crippen molar-refractivity contribution in [3.8, 4) is 0 Å². The van der Waals surface area contributed by atoms with E-state index in [1.54, 1.807) is 0 Å². The Bertz CT molecular complexity index is 516. The van der Waals surface area contributed by atoms with E-state index in [1.807, 2.05) is 0 Å². The van der Waals surface area contributed by atoms with Crippen LogP contribution in [0.1, 0.15) is 46.0 Å². The van der Waals surface area contributed by atoms with Crippen molar-refractivity contribution >= 4 is 5.97 Å². The molecule has 1 saturated heterocycles. The number of esters is 1. The highest BCUT2D eigenvalue weighted by Crippen LogP contribution is 2.59. The van der Waals surface area contributed by atoms with Gasteiger partial charge < -0.3 is 9.84 Å². The van der Waals surface area contributed by atoms with Crippen molar-refractivity contribution in [2.45, 2.75) is 63.7 Å². The molecule has 2 heterocycles. The fraction of sp³-hybridized carbons (Fsp3) is 0.833. The Morgan fingerprint density at radius 1 is 1.45 bits per heavy atom. The number of aliphatic hydroxyl groups is 1. The Morgan fingerprint density at radius 2 is 2.27 bits per heavy atom. The number of piperidine rings is 1. The molecule has 2 aliphatic carbocycles. The molecule has 4 heteroatoms. The highest BCUT2D eigenvalue weighted by Gasteiger charge is 2.62. The number of hydrogen-bond acceptors (Lipinski definition) is 4. The molecule has 2 aliphatic heterocycles. The number of aliphatic hydroxyl groups excluding tert-OH is 1. The topological polar surface area (TPSA) is 49.8 Å². The SMILES string of the molecule is CC(=O)O[C@@H]1C[C@H]2C3=CCCN4CCC[C@@H]1[C@@]34C[C@H](C)[C@@H]2O. The molecule has 2 bridgehead atoms. The van der Waals surface area contributed by atoms with Gasteiger partial charge in [0.1, 0.15) is 6.10 Å². The quantitative estimate of drug-likeness (QED) is 0.595. The van der Waals surface area contributed by atoms with E-state index in [1.165, 1.54) is 18.9 Å². The zero-order valence-corrected chi connectivity index (χ0v) is 13.6. The molecule has 3 fully saturated rings. The van der Waals surface area contributed by atoms with Gasteiger partial charge in [-0.2, -0.15) is 0 Å². The lowest BCUT2D eigenvalue weighted by molar-refractivity contribution is -0.173. The van der Waals surface area contributed by atoms with Crippen molar-refractivity contribution in [3.05, 3.63) is 11.6 Å². The van der Waals surface area contributed by atoms with E-state index in [4.69, 9.17) is 4.74 Å². The van der Waals surface area contributed by atoms with Crippen LogP contribution in [-0.4, -0.2) is 46.8 Å². The highest BCUT2D eigenvalue weighted by atomic mass is 16.5. The Labute approximate surface area is 132 Å². The molecule has 1 spiro atoms. The summed E-state index contributed by atoms with van der Waals surface area (Å²) in [7, 11) is 0. The molecule has 122 valence electrons. The molecule has 4 rings (SSSR count). The fourth-order valence-corrected chi connectivity index (χ4v) is 6.02. The van der Waals surface area contributed by atoms with Crippen molar-refractivity contribution in [2.24, 2.45) is 17.8 Å². The standard InChI is InChI=1S/C18H27NO3/c1-11-10-18-14-5-3-7-19(18)8-4-6-15(18)16(22-12(2)20)9-13(14)17(11)21/h5,11,13,15-17,21H,3-4,6-10H2,1-2H3/t11-,13-,15-,16+,17-,18+/m0/s1. The van der Waals surface area contributed by atoms with Crippen LogP contribution in [0.25, 0.3) is 0 Å². The van der Waals surface area contributed by atoms with Crippen LogP contribution >= 0.6 is 0 Å². The van der Waals surface area contributed by atoms with Crippen LogP contribution in [0.2, 0.25) is 0 Å². The molecule has 0 aromatic rings. The first-order valence-electron chi connectivity index (χ1n) is 8.85. The third kappa shape index (κ3) is 1.86. The number of carbonyl (C=O) groups excluding carboxylic acids is 1. The maximum atomic E-state index is 11.6. The molecule has 4 nitrogen and oxygen atoms in total. The van der Waals surface area contributed by atoms with Gasteiger partial charge in [0.15, 0.2) is 0 Å². The van der Waals surface area contributed by atoms with Crippen LogP contribution in [0.3, 0.4) is 0 Å². The van der Waals surface area contributed by atoms with Gasteiger partial charge >= 0.3 is 5.97 Å². The Kier molecular flexibility index (Phi) is 3.39. The second kappa shape index (κ2) is 5.07. The molecule has 0 aromatic heterocycles. The number of hydrogen-bond donors (Lipinski definition) is 1. The Morgan fingerprint density at radius 3 is 3.05 bits per heavy atom. The number of ether oxygens (including phenoxy) is 1. The van der Waals surface area contributed by atoms with Crippen molar-refractivity contribution in [3.63, 3.8) is 0 Å². The average Bonchev–Trinajstić information content (AvgIpc) is 2.47. The predicted octanol–water partition coefficient (Wildman–Crippen LogP) is 2.12. The smallest absolute Gasteiger partial charge is 0.302 e. The summed E-state index contributed by atoms with van der Waals surface area (Å²) in [6, 6.07) is 0. The summed E-state index contributed by atoms with van der Waals surface area (Å²) in [5, 5.41) is 10.7. The Hall–Kier alpha value is -0.870. The summed E-state index contributed by atoms with van der Waals surface area (Å²) < 4.78 is 5.74. The van der Waals surface area contributed by atoms with Gasteiger partial charge in [0.2, 0.25) is 0 Å². The van der Waals surface area contributed by atoms with Crippen LogP contribution in [0.5, 0.6) is 0 Å². The minimum Gasteiger partial charge on any atom is -0.462 e. The van der Waals surface area contributed by atoms with E-state index in [0.29, 0.717) is 11.8 Å². The van der Waals surface area contributed by atoms with Gasteiger partial charge in [-0.3, -0.25) is 9.69 Å². The van der Waals surface area contributed by atoms with Gasteiger partial charge in [0, 0.05) is 30.8 Å². The van der Waals surface area contributed by atoms with E-state index in [2.05, 4.69) is 17.9 Å². The van der Waals surface area contributed by atoms with Crippen LogP contribution < -0.4 is 0 Å². The van der Waals surface area contributed by atoms with E-state index in [-0.39, 0.29) is 29.6 Å². The highest BCUT2D eigenvalue weighted by molar-refractivity contribution is 5.66. The molecule has 4 aliphatic rings. The molecular formula is C18H27NO3. The van der Waals surface area contributed by atoms with Crippen LogP contribution in [0.15, 0.2) is 11.6 Å². The molecule has 1 N–H and O–H groups in total. The lowest BCUT2D eigenvalue weighted by Gasteiger charge is -2.65. The minimum atomic E-state index is -0.294. The van der Waals surface area contributed by atoms with Gasteiger partial charge in [-0.1, -0.05) is 13.0 Å². The number of nitrogens with zero attached hydrogens (tertiary/aromatic N) is 1. The van der Waals surface area contributed by atoms with Crippen LogP contribution in [-0.2, 0) is 9.53 Å². The van der Waals surface area contributed by atoms with Crippen LogP contribution in [0.4, 0.5) is 0 Å². The molecule has 22 heavy (non-hydrogen) atoms. The van der Waals surface area contributed by atoms with Gasteiger partial charge in [0.25, 0.3) is 0 Å². The summed E-state index contributed by atoms with van der Waals surface area (Å²) >= 11 is 0. The van der Waals surface area contributed by atoms with Gasteiger partial charge in [0.05, 0.1) is 6.10 Å². The summed E-state index contributed by atoms with van der Waals surface area (Å²) in [5.41, 5.74) is 1.52. The molecule has 0 unspecified atom stereocenters. The van der Waals surface area contributed by atoms with Gasteiger partial charge in [-0.25, -0.2) is 0 Å². The molecule has 6 atom stereocenters. The van der Waals surface area contributed by atoms with E-state index >= 15 is 0 Å². The summed E-state index contributed by atoms with van der Waals surface area (Å²) in [4.78, 5) is 14.2. The molecular weight excluding hydrogens is 278 g/mol. The van der Waals surface area contributed by atoms with Crippen molar-refractivity contribution < 1.29 is 14.6 Å². The van der Waals surface area contributed by atoms with E-state index < -0.39 is 0 Å². The van der Waals surface area contributed by atoms with E-state index in [0.717, 1.165) is 38.8 Å². The average molecular weight is 305 g/mol. The second-order valence-electron chi connectivity index (χ2n) is 7.77. The summed E-state index contributed by atoms with van der Waals surface area (Å²) in [5.74, 6) is 0.720. The zero-order valence-electron chi connectivity index (χ0n) is 13.6. The first kappa shape index (κ1) is 14.7. The monoisotopic (exact) mass is 305 g/mol. The van der Waals surface area contributed by atoms with Crippen LogP contribution in [0, 0.1) is 17.8 Å². The van der Waals surface area contributed by atoms with Crippen molar-refractivity contribution in [2.75, 3.05) is 13.1 Å². The van der Waals surface area contributed by atoms with Gasteiger partial charge in [-0.15, -0.1) is 0 Å². The first-order chi connectivity index (χ1) is 10.5. The first-order valence-corrected chi connectivity index (χ1v) is 8.85. The maximum absolute atomic E-state index is 11.6. The van der Waals surface area contributed by atoms with Crippen molar-refractivity contribution in [1.29, 1.82) is 0 Å². The number of carbonyl (C=O) groups is 1. The lowest BCUT2D eigenvalue weighted by atomic mass is 9.51. The van der Waals surface area contributed by atoms with Crippen molar-refractivity contribution in [1.82, 2.24) is 4.90 Å². The lowest BCUT2D eigenvalue weighted by Crippen LogP contribution is -2.70. The Balaban J connectivity index is 1.81. The molecule has 0 radical (unpaired) electrons. The molecule has 2 saturated carbocycles.